The first-order valence-corrected chi connectivity index (χ1v) is 3.85. The number of hydrogen-bond acceptors (Lipinski definition) is 1. The quantitative estimate of drug-likeness (QED) is 0.434. The Morgan fingerprint density at radius 2 is 2.18 bits per heavy atom. The van der Waals surface area contributed by atoms with Crippen molar-refractivity contribution in [3.05, 3.63) is 32.9 Å². The second-order valence-corrected chi connectivity index (χ2v) is 3.10. The summed E-state index contributed by atoms with van der Waals surface area (Å²) in [6.07, 6.45) is 0. The van der Waals surface area contributed by atoms with Crippen LogP contribution in [-0.2, 0) is 0 Å². The van der Waals surface area contributed by atoms with Gasteiger partial charge in [0, 0.05) is 3.57 Å². The van der Waals surface area contributed by atoms with Crippen LogP contribution in [-0.4, -0.2) is 0 Å². The van der Waals surface area contributed by atoms with Crippen molar-refractivity contribution in [3.8, 4) is 0 Å². The van der Waals surface area contributed by atoms with Gasteiger partial charge in [-0.2, -0.15) is 0 Å². The first-order valence-electron chi connectivity index (χ1n) is 2.77. The van der Waals surface area contributed by atoms with Crippen molar-refractivity contribution in [2.75, 3.05) is 5.73 Å². The van der Waals surface area contributed by atoms with E-state index in [1.54, 1.807) is 6.07 Å². The van der Waals surface area contributed by atoms with Crippen molar-refractivity contribution in [1.29, 1.82) is 0 Å². The van der Waals surface area contributed by atoms with Gasteiger partial charge in [0.2, 0.25) is 0 Å². The maximum absolute atomic E-state index is 12.8. The van der Waals surface area contributed by atoms with Gasteiger partial charge in [0.15, 0.2) is 5.69 Å². The number of nitrogen functional groups attached to an aromatic ring is 1. The Kier molecular flexibility index (Phi) is 2.29. The number of benzene rings is 1. The molecule has 0 heterocycles. The number of rotatable bonds is 0. The Balaban J connectivity index is 3.35. The highest BCUT2D eigenvalue weighted by atomic mass is 127. The summed E-state index contributed by atoms with van der Waals surface area (Å²) in [7, 11) is 0. The van der Waals surface area contributed by atoms with Gasteiger partial charge in [-0.1, -0.05) is 0 Å². The molecule has 0 fully saturated rings. The summed E-state index contributed by atoms with van der Waals surface area (Å²) in [6.45, 7) is 6.62. The molecule has 1 aromatic carbocycles. The zero-order valence-corrected chi connectivity index (χ0v) is 7.59. The third-order valence-corrected chi connectivity index (χ3v) is 2.09. The van der Waals surface area contributed by atoms with Crippen LogP contribution in [0.5, 0.6) is 0 Å². The van der Waals surface area contributed by atoms with Crippen LogP contribution < -0.4 is 5.73 Å². The molecular formula is C7H4FIN2. The predicted molar refractivity (Wildman–Crippen MR) is 49.8 cm³/mol. The van der Waals surface area contributed by atoms with Crippen LogP contribution in [0.25, 0.3) is 4.85 Å². The van der Waals surface area contributed by atoms with E-state index in [1.165, 1.54) is 0 Å². The monoisotopic (exact) mass is 262 g/mol. The summed E-state index contributed by atoms with van der Waals surface area (Å²) in [5.74, 6) is -0.525. The zero-order valence-electron chi connectivity index (χ0n) is 5.44. The van der Waals surface area contributed by atoms with E-state index >= 15 is 0 Å². The highest BCUT2D eigenvalue weighted by Gasteiger charge is 2.04. The van der Waals surface area contributed by atoms with Crippen molar-refractivity contribution in [2.24, 2.45) is 0 Å². The molecule has 0 saturated carbocycles. The molecular weight excluding hydrogens is 258 g/mol. The van der Waals surface area contributed by atoms with Crippen molar-refractivity contribution in [3.63, 3.8) is 0 Å². The minimum atomic E-state index is -0.525. The number of halogens is 2. The van der Waals surface area contributed by atoms with Crippen LogP contribution in [0.3, 0.4) is 0 Å². The largest absolute Gasteiger partial charge is 0.396 e. The molecule has 0 bridgehead atoms. The van der Waals surface area contributed by atoms with Crippen molar-refractivity contribution in [1.82, 2.24) is 0 Å². The molecule has 0 radical (unpaired) electrons. The number of hydrogen-bond donors (Lipinski definition) is 1. The van der Waals surface area contributed by atoms with Gasteiger partial charge in [-0.25, -0.2) is 9.24 Å². The summed E-state index contributed by atoms with van der Waals surface area (Å²) in [5.41, 5.74) is 5.71. The van der Waals surface area contributed by atoms with E-state index in [9.17, 15) is 4.39 Å². The Hall–Kier alpha value is -0.830. The van der Waals surface area contributed by atoms with Gasteiger partial charge < -0.3 is 5.73 Å². The summed E-state index contributed by atoms with van der Waals surface area (Å²) in [5, 5.41) is 0. The summed E-state index contributed by atoms with van der Waals surface area (Å²) >= 11 is 1.89. The highest BCUT2D eigenvalue weighted by Crippen LogP contribution is 2.24. The molecule has 1 rings (SSSR count). The molecule has 56 valence electrons. The van der Waals surface area contributed by atoms with E-state index in [1.807, 2.05) is 22.6 Å². The van der Waals surface area contributed by atoms with Gasteiger partial charge in [-0.3, -0.25) is 0 Å². The minimum absolute atomic E-state index is 0.109. The molecule has 0 aromatic heterocycles. The van der Waals surface area contributed by atoms with Crippen LogP contribution in [0, 0.1) is 16.0 Å². The van der Waals surface area contributed by atoms with Crippen molar-refractivity contribution < 1.29 is 4.39 Å². The lowest BCUT2D eigenvalue weighted by Crippen LogP contribution is -1.92. The van der Waals surface area contributed by atoms with Gasteiger partial charge in [-0.15, -0.1) is 0 Å². The molecule has 0 aliphatic heterocycles. The van der Waals surface area contributed by atoms with E-state index in [2.05, 4.69) is 4.85 Å². The molecule has 2 N–H and O–H groups in total. The SMILES string of the molecule is [C-]#[N+]c1cc(F)c(N)c(I)c1. The topological polar surface area (TPSA) is 30.4 Å². The number of anilines is 1. The molecule has 0 amide bonds. The maximum Gasteiger partial charge on any atom is 0.191 e. The van der Waals surface area contributed by atoms with Gasteiger partial charge in [-0.05, 0) is 34.7 Å². The lowest BCUT2D eigenvalue weighted by atomic mass is 10.3. The Bertz CT molecular complexity index is 307. The summed E-state index contributed by atoms with van der Waals surface area (Å²) in [6, 6.07) is 2.68. The van der Waals surface area contributed by atoms with Crippen LogP contribution in [0.1, 0.15) is 0 Å². The second kappa shape index (κ2) is 3.05. The number of nitrogens with two attached hydrogens (primary N) is 1. The summed E-state index contributed by atoms with van der Waals surface area (Å²) < 4.78 is 13.3. The first kappa shape index (κ1) is 8.27. The van der Waals surface area contributed by atoms with Crippen LogP contribution in [0.15, 0.2) is 12.1 Å². The smallest absolute Gasteiger partial charge is 0.191 e. The average molecular weight is 262 g/mol. The fourth-order valence-corrected chi connectivity index (χ4v) is 1.21. The normalized spacial score (nSPS) is 9.18. The predicted octanol–water partition coefficient (Wildman–Crippen LogP) is 2.56. The van der Waals surface area contributed by atoms with Crippen molar-refractivity contribution >= 4 is 34.0 Å². The molecule has 0 saturated heterocycles. The molecule has 11 heavy (non-hydrogen) atoms. The molecule has 0 aliphatic rings. The van der Waals surface area contributed by atoms with E-state index in [4.69, 9.17) is 12.3 Å². The van der Waals surface area contributed by atoms with E-state index in [0.29, 0.717) is 3.57 Å². The zero-order chi connectivity index (χ0) is 8.43. The molecule has 4 heteroatoms. The third kappa shape index (κ3) is 1.60. The fourth-order valence-electron chi connectivity index (χ4n) is 0.635. The Morgan fingerprint density at radius 3 is 2.64 bits per heavy atom. The third-order valence-electron chi connectivity index (χ3n) is 1.19. The standard InChI is InChI=1S/C7H4FIN2/c1-11-4-2-5(8)7(10)6(9)3-4/h2-3H,10H2. The molecule has 0 atom stereocenters. The Morgan fingerprint density at radius 1 is 1.55 bits per heavy atom. The molecule has 2 nitrogen and oxygen atoms in total. The Labute approximate surface area is 77.2 Å². The van der Waals surface area contributed by atoms with Crippen LogP contribution >= 0.6 is 22.6 Å². The lowest BCUT2D eigenvalue weighted by molar-refractivity contribution is 0.632. The van der Waals surface area contributed by atoms with E-state index < -0.39 is 5.82 Å². The molecule has 0 unspecified atom stereocenters. The lowest BCUT2D eigenvalue weighted by Gasteiger charge is -1.99. The first-order chi connectivity index (χ1) is 5.15. The van der Waals surface area contributed by atoms with Crippen LogP contribution in [0.2, 0.25) is 0 Å². The van der Waals surface area contributed by atoms with Crippen LogP contribution in [0.4, 0.5) is 15.8 Å². The summed E-state index contributed by atoms with van der Waals surface area (Å²) in [4.78, 5) is 3.08. The highest BCUT2D eigenvalue weighted by molar-refractivity contribution is 14.1. The number of nitrogens with zero attached hydrogens (tertiary/aromatic N) is 1. The van der Waals surface area contributed by atoms with Crippen molar-refractivity contribution in [2.45, 2.75) is 0 Å². The van der Waals surface area contributed by atoms with Gasteiger partial charge in [0.25, 0.3) is 0 Å². The second-order valence-electron chi connectivity index (χ2n) is 1.93. The molecule has 1 aromatic rings. The van der Waals surface area contributed by atoms with Gasteiger partial charge in [0.1, 0.15) is 5.82 Å². The van der Waals surface area contributed by atoms with E-state index in [-0.39, 0.29) is 11.4 Å². The van der Waals surface area contributed by atoms with Gasteiger partial charge >= 0.3 is 0 Å². The minimum Gasteiger partial charge on any atom is -0.396 e. The van der Waals surface area contributed by atoms with E-state index in [0.717, 1.165) is 6.07 Å². The molecule has 0 spiro atoms. The average Bonchev–Trinajstić information content (AvgIpc) is 1.99. The maximum atomic E-state index is 12.8. The fraction of sp³-hybridized carbons (Fsp3) is 0. The van der Waals surface area contributed by atoms with Gasteiger partial charge in [0.05, 0.1) is 12.3 Å². The molecule has 0 aliphatic carbocycles.